The van der Waals surface area contributed by atoms with Crippen LogP contribution in [0.2, 0.25) is 0 Å². The summed E-state index contributed by atoms with van der Waals surface area (Å²) in [6.07, 6.45) is 0.593. The zero-order valence-corrected chi connectivity index (χ0v) is 23.5. The Balaban J connectivity index is 1.36. The van der Waals surface area contributed by atoms with Gasteiger partial charge in [0.2, 0.25) is 0 Å². The van der Waals surface area contributed by atoms with Crippen molar-refractivity contribution >= 4 is 23.1 Å². The minimum absolute atomic E-state index is 0.0133. The summed E-state index contributed by atoms with van der Waals surface area (Å²) in [4.78, 5) is 26.3. The molecule has 1 aromatic heterocycles. The highest BCUT2D eigenvalue weighted by Crippen LogP contribution is 2.37. The van der Waals surface area contributed by atoms with Gasteiger partial charge in [0.25, 0.3) is 0 Å². The molecule has 10 heteroatoms. The van der Waals surface area contributed by atoms with Gasteiger partial charge < -0.3 is 14.7 Å². The molecular weight excluding hydrogens is 496 g/mol. The van der Waals surface area contributed by atoms with E-state index in [1.807, 2.05) is 52.9 Å². The van der Waals surface area contributed by atoms with Gasteiger partial charge in [-0.2, -0.15) is 0 Å². The van der Waals surface area contributed by atoms with Crippen LogP contribution in [0.4, 0.5) is 4.79 Å². The third-order valence-corrected chi connectivity index (χ3v) is 7.80. The maximum atomic E-state index is 12.5. The van der Waals surface area contributed by atoms with E-state index in [0.717, 1.165) is 60.3 Å². The summed E-state index contributed by atoms with van der Waals surface area (Å²) in [7, 11) is 1.86. The van der Waals surface area contributed by atoms with Crippen molar-refractivity contribution in [2.24, 2.45) is 7.05 Å². The van der Waals surface area contributed by atoms with E-state index in [4.69, 9.17) is 4.74 Å². The van der Waals surface area contributed by atoms with Crippen LogP contribution >= 0.6 is 0 Å². The molecule has 10 nitrogen and oxygen atoms in total. The SMILES string of the molecule is Cc1c(C(CC(=O)O)c2cccc3c2CCN(N2CCN(C(=O)OC(C)(C)C)CC2)C3)ccc2c1nnn2C. The molecule has 1 N–H and O–H groups in total. The Morgan fingerprint density at radius 3 is 2.46 bits per heavy atom. The summed E-state index contributed by atoms with van der Waals surface area (Å²) in [6, 6.07) is 10.3. The summed E-state index contributed by atoms with van der Waals surface area (Å²) in [5, 5.41) is 23.1. The predicted molar refractivity (Wildman–Crippen MR) is 147 cm³/mol. The number of carboxylic acid groups (broad SMARTS) is 1. The zero-order chi connectivity index (χ0) is 27.9. The number of benzene rings is 2. The standard InChI is InChI=1S/C29H38N6O4/c1-19-21(9-10-25-27(19)30-31-32(25)5)24(17-26(36)37)23-8-6-7-20-18-35(12-11-22(20)23)34-15-13-33(14-16-34)28(38)39-29(2,3)4/h6-10,24H,11-18H2,1-5H3,(H,36,37). The Morgan fingerprint density at radius 2 is 1.77 bits per heavy atom. The molecule has 1 atom stereocenters. The van der Waals surface area contributed by atoms with Gasteiger partial charge >= 0.3 is 12.1 Å². The molecule has 208 valence electrons. The Labute approximate surface area is 229 Å². The molecule has 1 saturated heterocycles. The van der Waals surface area contributed by atoms with Crippen molar-refractivity contribution in [3.05, 3.63) is 58.1 Å². The topological polar surface area (TPSA) is 104 Å². The number of ether oxygens (including phenoxy) is 1. The van der Waals surface area contributed by atoms with Crippen molar-refractivity contribution in [2.45, 2.75) is 58.6 Å². The Hall–Kier alpha value is -3.50. The molecule has 5 rings (SSSR count). The first-order valence-corrected chi connectivity index (χ1v) is 13.6. The van der Waals surface area contributed by atoms with E-state index in [2.05, 4.69) is 32.5 Å². The summed E-state index contributed by atoms with van der Waals surface area (Å²) in [5.74, 6) is -1.09. The highest BCUT2D eigenvalue weighted by atomic mass is 16.6. The molecule has 1 amide bonds. The number of nitrogens with zero attached hydrogens (tertiary/aromatic N) is 6. The first-order valence-electron chi connectivity index (χ1n) is 13.6. The van der Waals surface area contributed by atoms with E-state index in [-0.39, 0.29) is 18.4 Å². The lowest BCUT2D eigenvalue weighted by molar-refractivity contribution is -0.137. The largest absolute Gasteiger partial charge is 0.481 e. The minimum Gasteiger partial charge on any atom is -0.481 e. The number of rotatable bonds is 5. The molecule has 39 heavy (non-hydrogen) atoms. The van der Waals surface area contributed by atoms with Crippen LogP contribution in [0.5, 0.6) is 0 Å². The molecule has 2 aliphatic rings. The fraction of sp³-hybridized carbons (Fsp3) is 0.517. The number of amides is 1. The lowest BCUT2D eigenvalue weighted by Gasteiger charge is -2.43. The van der Waals surface area contributed by atoms with Gasteiger partial charge in [-0.25, -0.2) is 19.5 Å². The molecular formula is C29H38N6O4. The van der Waals surface area contributed by atoms with Gasteiger partial charge in [0, 0.05) is 52.2 Å². The average molecular weight is 535 g/mol. The molecule has 3 heterocycles. The van der Waals surface area contributed by atoms with Crippen molar-refractivity contribution in [3.63, 3.8) is 0 Å². The fourth-order valence-corrected chi connectivity index (χ4v) is 5.87. The molecule has 0 aliphatic carbocycles. The average Bonchev–Trinajstić information content (AvgIpc) is 3.27. The molecule has 0 radical (unpaired) electrons. The van der Waals surface area contributed by atoms with E-state index >= 15 is 0 Å². The number of carboxylic acids is 1. The number of piperazine rings is 1. The number of aliphatic carboxylic acids is 1. The minimum atomic E-state index is -0.823. The van der Waals surface area contributed by atoms with E-state index in [1.54, 1.807) is 9.58 Å². The van der Waals surface area contributed by atoms with Crippen LogP contribution in [0.1, 0.15) is 60.9 Å². The number of carbonyl (C=O) groups is 2. The maximum absolute atomic E-state index is 12.5. The first-order chi connectivity index (χ1) is 18.5. The smallest absolute Gasteiger partial charge is 0.410 e. The van der Waals surface area contributed by atoms with Gasteiger partial charge in [-0.1, -0.05) is 29.5 Å². The number of carbonyl (C=O) groups excluding carboxylic acids is 1. The third kappa shape index (κ3) is 5.62. The van der Waals surface area contributed by atoms with Crippen LogP contribution < -0.4 is 0 Å². The number of hydrogen-bond donors (Lipinski definition) is 1. The molecule has 0 saturated carbocycles. The molecule has 1 fully saturated rings. The van der Waals surface area contributed by atoms with Gasteiger partial charge in [0.05, 0.1) is 11.9 Å². The predicted octanol–water partition coefficient (Wildman–Crippen LogP) is 3.71. The summed E-state index contributed by atoms with van der Waals surface area (Å²) >= 11 is 0. The van der Waals surface area contributed by atoms with Crippen molar-refractivity contribution in [2.75, 3.05) is 32.7 Å². The van der Waals surface area contributed by atoms with Crippen LogP contribution in [0, 0.1) is 6.92 Å². The van der Waals surface area contributed by atoms with Gasteiger partial charge in [-0.05, 0) is 68.0 Å². The van der Waals surface area contributed by atoms with E-state index < -0.39 is 11.6 Å². The molecule has 0 spiro atoms. The second-order valence-corrected chi connectivity index (χ2v) is 11.6. The van der Waals surface area contributed by atoms with Crippen molar-refractivity contribution in [1.82, 2.24) is 29.9 Å². The van der Waals surface area contributed by atoms with Crippen LogP contribution in [-0.2, 0) is 29.5 Å². The van der Waals surface area contributed by atoms with E-state index in [0.29, 0.717) is 13.1 Å². The Bertz CT molecular complexity index is 1390. The third-order valence-electron chi connectivity index (χ3n) is 7.80. The number of aromatic nitrogens is 3. The second kappa shape index (κ2) is 10.6. The number of hydrogen-bond acceptors (Lipinski definition) is 7. The Morgan fingerprint density at radius 1 is 1.03 bits per heavy atom. The summed E-state index contributed by atoms with van der Waals surface area (Å²) in [6.45, 7) is 12.0. The van der Waals surface area contributed by atoms with Gasteiger partial charge in [0.15, 0.2) is 0 Å². The molecule has 3 aromatic rings. The second-order valence-electron chi connectivity index (χ2n) is 11.6. The van der Waals surface area contributed by atoms with E-state index in [1.165, 1.54) is 11.1 Å². The quantitative estimate of drug-likeness (QED) is 0.528. The van der Waals surface area contributed by atoms with Crippen molar-refractivity contribution in [1.29, 1.82) is 0 Å². The highest BCUT2D eigenvalue weighted by molar-refractivity contribution is 5.80. The molecule has 2 aromatic carbocycles. The normalized spacial score (nSPS) is 17.7. The lowest BCUT2D eigenvalue weighted by Crippen LogP contribution is -2.56. The number of hydrazine groups is 1. The monoisotopic (exact) mass is 534 g/mol. The number of fused-ring (bicyclic) bond motifs is 2. The van der Waals surface area contributed by atoms with Crippen molar-refractivity contribution < 1.29 is 19.4 Å². The van der Waals surface area contributed by atoms with Gasteiger partial charge in [-0.3, -0.25) is 4.79 Å². The highest BCUT2D eigenvalue weighted by Gasteiger charge is 2.31. The molecule has 0 bridgehead atoms. The molecule has 1 unspecified atom stereocenters. The fourth-order valence-electron chi connectivity index (χ4n) is 5.87. The van der Waals surface area contributed by atoms with Crippen LogP contribution in [0.3, 0.4) is 0 Å². The van der Waals surface area contributed by atoms with Gasteiger partial charge in [0.1, 0.15) is 11.1 Å². The summed E-state index contributed by atoms with van der Waals surface area (Å²) < 4.78 is 7.28. The number of aryl methyl sites for hydroxylation is 2. The Kier molecular flexibility index (Phi) is 7.35. The zero-order valence-electron chi connectivity index (χ0n) is 23.5. The lowest BCUT2D eigenvalue weighted by atomic mass is 9.80. The molecule has 2 aliphatic heterocycles. The van der Waals surface area contributed by atoms with E-state index in [9.17, 15) is 14.7 Å². The van der Waals surface area contributed by atoms with Crippen LogP contribution in [-0.4, -0.2) is 85.4 Å². The maximum Gasteiger partial charge on any atom is 0.410 e. The summed E-state index contributed by atoms with van der Waals surface area (Å²) in [5.41, 5.74) is 6.75. The van der Waals surface area contributed by atoms with Crippen molar-refractivity contribution in [3.8, 4) is 0 Å². The van der Waals surface area contributed by atoms with Gasteiger partial charge in [-0.15, -0.1) is 5.10 Å². The van der Waals surface area contributed by atoms with Crippen LogP contribution in [0.25, 0.3) is 11.0 Å². The first kappa shape index (κ1) is 27.1. The van der Waals surface area contributed by atoms with Crippen LogP contribution in [0.15, 0.2) is 30.3 Å².